The fourth-order valence-electron chi connectivity index (χ4n) is 7.28. The maximum atomic E-state index is 14.8. The van der Waals surface area contributed by atoms with Crippen LogP contribution in [0.3, 0.4) is 0 Å². The number of ether oxygens (including phenoxy) is 1. The average Bonchev–Trinajstić information content (AvgIpc) is 3.64. The van der Waals surface area contributed by atoms with Crippen molar-refractivity contribution in [3.8, 4) is 0 Å². The fraction of sp³-hybridized carbons (Fsp3) is 0.429. The van der Waals surface area contributed by atoms with E-state index in [9.17, 15) is 35.9 Å². The van der Waals surface area contributed by atoms with Gasteiger partial charge >= 0.3 is 30.4 Å². The quantitative estimate of drug-likeness (QED) is 0.116. The van der Waals surface area contributed by atoms with E-state index >= 15 is 0 Å². The van der Waals surface area contributed by atoms with Gasteiger partial charge in [-0.25, -0.2) is 14.4 Å². The first-order valence-electron chi connectivity index (χ1n) is 19.2. The number of carboxylic acid groups (broad SMARTS) is 2. The number of carbonyl (C=O) groups excluding carboxylic acids is 2. The third-order valence-electron chi connectivity index (χ3n) is 10.2. The van der Waals surface area contributed by atoms with Gasteiger partial charge in [-0.3, -0.25) is 4.79 Å². The predicted octanol–water partition coefficient (Wildman–Crippen LogP) is 7.97. The summed E-state index contributed by atoms with van der Waals surface area (Å²) in [6, 6.07) is 23.5. The number of rotatable bonds is 10. The van der Waals surface area contributed by atoms with E-state index < -0.39 is 30.3 Å². The third kappa shape index (κ3) is 14.1. The second-order valence-corrected chi connectivity index (χ2v) is 15.5. The van der Waals surface area contributed by atoms with E-state index in [4.69, 9.17) is 36.1 Å². The molecule has 12 nitrogen and oxygen atoms in total. The number of amides is 2. The van der Waals surface area contributed by atoms with Crippen molar-refractivity contribution in [1.29, 1.82) is 0 Å². The molecule has 3 atom stereocenters. The molecule has 1 fully saturated rings. The molecule has 2 amide bonds. The molecule has 2 aliphatic rings. The molecule has 1 saturated heterocycles. The molecule has 6 rings (SSSR count). The van der Waals surface area contributed by atoms with E-state index in [1.165, 1.54) is 0 Å². The number of likely N-dealkylation sites (tertiary alicyclic amines) is 1. The van der Waals surface area contributed by atoms with Crippen molar-refractivity contribution >= 4 is 52.1 Å². The van der Waals surface area contributed by atoms with Crippen LogP contribution in [0, 0.1) is 11.8 Å². The summed E-state index contributed by atoms with van der Waals surface area (Å²) in [7, 11) is 4.16. The van der Waals surface area contributed by atoms with Crippen molar-refractivity contribution in [3.05, 3.63) is 101 Å². The van der Waals surface area contributed by atoms with Gasteiger partial charge in [-0.2, -0.15) is 26.3 Å². The molecule has 2 aliphatic heterocycles. The third-order valence-corrected chi connectivity index (χ3v) is 10.5. The van der Waals surface area contributed by atoms with Crippen LogP contribution in [0.2, 0.25) is 5.02 Å². The van der Waals surface area contributed by atoms with Crippen LogP contribution in [0.25, 0.3) is 10.9 Å². The van der Waals surface area contributed by atoms with Gasteiger partial charge in [0.2, 0.25) is 5.91 Å². The first-order chi connectivity index (χ1) is 28.6. The first-order valence-corrected chi connectivity index (χ1v) is 19.6. The number of carboxylic acids is 2. The molecule has 332 valence electrons. The number of H-pyrrole nitrogens is 1. The highest BCUT2D eigenvalue weighted by molar-refractivity contribution is 6.30. The van der Waals surface area contributed by atoms with Crippen molar-refractivity contribution < 1.29 is 60.5 Å². The van der Waals surface area contributed by atoms with Crippen molar-refractivity contribution in [2.45, 2.75) is 57.1 Å². The number of benzene rings is 3. The number of carbonyl (C=O) groups is 4. The molecule has 4 aromatic rings. The molecule has 2 unspecified atom stereocenters. The van der Waals surface area contributed by atoms with Crippen molar-refractivity contribution in [2.24, 2.45) is 11.8 Å². The topological polar surface area (TPSA) is 156 Å². The average molecular weight is 884 g/mol. The van der Waals surface area contributed by atoms with Gasteiger partial charge in [0, 0.05) is 59.9 Å². The Morgan fingerprint density at radius 1 is 0.902 bits per heavy atom. The number of nitrogens with zero attached hydrogens (tertiary/aromatic N) is 3. The summed E-state index contributed by atoms with van der Waals surface area (Å²) in [6.45, 7) is 5.95. The minimum absolute atomic E-state index is 0.0803. The molecule has 0 bridgehead atoms. The number of halogens is 7. The van der Waals surface area contributed by atoms with Crippen molar-refractivity contribution in [3.63, 3.8) is 0 Å². The van der Waals surface area contributed by atoms with E-state index in [2.05, 4.69) is 54.5 Å². The van der Waals surface area contributed by atoms with Gasteiger partial charge in [0.15, 0.2) is 0 Å². The zero-order valence-corrected chi connectivity index (χ0v) is 34.4. The lowest BCUT2D eigenvalue weighted by Crippen LogP contribution is -2.54. The van der Waals surface area contributed by atoms with E-state index in [0.717, 1.165) is 59.1 Å². The number of anilines is 1. The van der Waals surface area contributed by atoms with Crippen molar-refractivity contribution in [1.82, 2.24) is 20.1 Å². The summed E-state index contributed by atoms with van der Waals surface area (Å²) in [5.41, 5.74) is 5.24. The number of aliphatic carboxylic acids is 2. The Balaban J connectivity index is 0.000000504. The summed E-state index contributed by atoms with van der Waals surface area (Å²) in [4.78, 5) is 54.8. The van der Waals surface area contributed by atoms with E-state index in [1.54, 1.807) is 4.90 Å². The number of aromatic amines is 1. The number of piperidine rings is 1. The molecule has 1 aromatic heterocycles. The minimum atomic E-state index is -5.08. The van der Waals surface area contributed by atoms with Crippen LogP contribution in [-0.4, -0.2) is 114 Å². The molecule has 0 radical (unpaired) electrons. The summed E-state index contributed by atoms with van der Waals surface area (Å²) >= 11 is 6.44. The number of nitrogens with one attached hydrogen (secondary N) is 2. The lowest BCUT2D eigenvalue weighted by molar-refractivity contribution is -0.193. The van der Waals surface area contributed by atoms with E-state index in [0.29, 0.717) is 43.0 Å². The van der Waals surface area contributed by atoms with Gasteiger partial charge in [-0.05, 0) is 92.7 Å². The lowest BCUT2D eigenvalue weighted by Gasteiger charge is -2.39. The largest absolute Gasteiger partial charge is 0.490 e. The van der Waals surface area contributed by atoms with Gasteiger partial charge in [0.05, 0.1) is 6.04 Å². The van der Waals surface area contributed by atoms with Crippen LogP contribution >= 0.6 is 11.6 Å². The van der Waals surface area contributed by atoms with Gasteiger partial charge in [0.25, 0.3) is 0 Å². The molecule has 3 heterocycles. The number of hydrogen-bond donors (Lipinski definition) is 4. The molecule has 61 heavy (non-hydrogen) atoms. The van der Waals surface area contributed by atoms with Crippen LogP contribution < -0.4 is 10.2 Å². The van der Waals surface area contributed by atoms with Gasteiger partial charge in [-0.1, -0.05) is 67.1 Å². The Bertz CT molecular complexity index is 2070. The maximum absolute atomic E-state index is 14.8. The van der Waals surface area contributed by atoms with Crippen LogP contribution in [0.4, 0.5) is 36.8 Å². The Kier molecular flexibility index (Phi) is 17.0. The zero-order chi connectivity index (χ0) is 45.1. The van der Waals surface area contributed by atoms with Crippen LogP contribution in [0.15, 0.2) is 79.0 Å². The van der Waals surface area contributed by atoms with E-state index in [1.807, 2.05) is 65.6 Å². The van der Waals surface area contributed by atoms with Gasteiger partial charge in [-0.15, -0.1) is 0 Å². The summed E-state index contributed by atoms with van der Waals surface area (Å²) < 4.78 is 69.1. The minimum Gasteiger partial charge on any atom is -0.475 e. The highest BCUT2D eigenvalue weighted by Gasteiger charge is 2.39. The zero-order valence-electron chi connectivity index (χ0n) is 33.6. The molecule has 19 heteroatoms. The number of fused-ring (bicyclic) bond motifs is 2. The van der Waals surface area contributed by atoms with Crippen LogP contribution in [0.5, 0.6) is 0 Å². The molecular formula is C42H48ClF6N5O7. The van der Waals surface area contributed by atoms with E-state index in [-0.39, 0.29) is 24.5 Å². The summed E-state index contributed by atoms with van der Waals surface area (Å²) in [5.74, 6) is -4.88. The van der Waals surface area contributed by atoms with Gasteiger partial charge < -0.3 is 40.0 Å². The SMILES string of the molecule is CC(c1c[nH]c2ccccc12)C(NCC1CCN(C(=O)OCc2ccccc2)CC1)C(=O)N1C[C@@H](CN(C)C)Cc2cc(Cl)ccc21.O=C(O)C(F)(F)F.O=C(O)C(F)(F)F. The Morgan fingerprint density at radius 3 is 2.08 bits per heavy atom. The highest BCUT2D eigenvalue weighted by atomic mass is 35.5. The maximum Gasteiger partial charge on any atom is 0.490 e. The molecule has 0 aliphatic carbocycles. The molecule has 0 saturated carbocycles. The lowest BCUT2D eigenvalue weighted by atomic mass is 9.88. The monoisotopic (exact) mass is 883 g/mol. The number of aromatic nitrogens is 1. The predicted molar refractivity (Wildman–Crippen MR) is 216 cm³/mol. The molecule has 4 N–H and O–H groups in total. The standard InChI is InChI=1S/C38H46ClN5O3.2C2HF3O2/c1-26(33-22-40-34-12-8-7-11-32(33)34)36(37(45)44-24-29(23-42(2)3)19-30-20-31(39)13-14-35(30)44)41-21-27-15-17-43(18-16-27)38(46)47-25-28-9-5-4-6-10-28;2*3-2(4,5)1(6)7/h4-14,20,22,26-27,29,36,40-41H,15-19,21,23-25H2,1-3H3;2*(H,6,7)/t26?,29-,36?;;/m1../s1. The molecule has 3 aromatic carbocycles. The van der Waals surface area contributed by atoms with Gasteiger partial charge in [0.1, 0.15) is 6.61 Å². The van der Waals surface area contributed by atoms with Crippen molar-refractivity contribution in [2.75, 3.05) is 51.7 Å². The summed E-state index contributed by atoms with van der Waals surface area (Å²) in [6.07, 6.45) is -5.79. The number of hydrogen-bond acceptors (Lipinski definition) is 7. The molecule has 0 spiro atoms. The normalized spacial score (nSPS) is 16.7. The second-order valence-electron chi connectivity index (χ2n) is 15.1. The first kappa shape index (κ1) is 48.3. The summed E-state index contributed by atoms with van der Waals surface area (Å²) in [5, 5.41) is 19.8. The number of alkyl halides is 6. The highest BCUT2D eigenvalue weighted by Crippen LogP contribution is 2.35. The Labute approximate surface area is 353 Å². The fourth-order valence-corrected chi connectivity index (χ4v) is 7.48. The second kappa shape index (κ2) is 21.5. The number of para-hydroxylation sites is 1. The van der Waals surface area contributed by atoms with Crippen LogP contribution in [0.1, 0.15) is 42.4 Å². The Morgan fingerprint density at radius 2 is 1.49 bits per heavy atom. The van der Waals surface area contributed by atoms with Crippen LogP contribution in [-0.2, 0) is 32.1 Å². The smallest absolute Gasteiger partial charge is 0.475 e. The molecular weight excluding hydrogens is 836 g/mol. The Hall–Kier alpha value is -5.33.